The van der Waals surface area contributed by atoms with Crippen LogP contribution < -0.4 is 10.2 Å². The molecule has 176 valence electrons. The largest absolute Gasteiger partial charge is 0.346 e. The van der Waals surface area contributed by atoms with Crippen molar-refractivity contribution in [3.05, 3.63) is 77.6 Å². The number of carbonyl (C=O) groups excluding carboxylic acids is 1. The highest BCUT2D eigenvalue weighted by atomic mass is 16.1. The van der Waals surface area contributed by atoms with Gasteiger partial charge in [-0.2, -0.15) is 0 Å². The molecule has 2 aliphatic rings. The van der Waals surface area contributed by atoms with Crippen molar-refractivity contribution in [1.29, 1.82) is 0 Å². The Bertz CT molecular complexity index is 1110. The number of rotatable bonds is 6. The summed E-state index contributed by atoms with van der Waals surface area (Å²) >= 11 is 0. The van der Waals surface area contributed by atoms with Crippen LogP contribution in [0.15, 0.2) is 55.1 Å². The first-order valence-corrected chi connectivity index (χ1v) is 12.4. The minimum absolute atomic E-state index is 0.165. The molecule has 1 saturated carbocycles. The van der Waals surface area contributed by atoms with Gasteiger partial charge in [-0.1, -0.05) is 50.1 Å². The molecule has 1 saturated heterocycles. The highest BCUT2D eigenvalue weighted by molar-refractivity contribution is 5.95. The summed E-state index contributed by atoms with van der Waals surface area (Å²) in [6.45, 7) is 4.53. The Balaban J connectivity index is 1.53. The second-order valence-electron chi connectivity index (χ2n) is 9.64. The highest BCUT2D eigenvalue weighted by Gasteiger charge is 2.42. The average molecular weight is 457 g/mol. The molecule has 3 aromatic rings. The molecule has 0 spiro atoms. The Labute approximate surface area is 201 Å². The number of anilines is 1. The van der Waals surface area contributed by atoms with E-state index in [0.29, 0.717) is 12.1 Å². The normalized spacial score (nSPS) is 18.1. The van der Waals surface area contributed by atoms with Crippen LogP contribution >= 0.6 is 0 Å². The summed E-state index contributed by atoms with van der Waals surface area (Å²) in [5, 5.41) is 3.02. The quantitative estimate of drug-likeness (QED) is 0.596. The smallest absolute Gasteiger partial charge is 0.255 e. The number of nitrogens with zero attached hydrogens (tertiary/aromatic N) is 5. The average Bonchev–Trinajstić information content (AvgIpc) is 3.40. The van der Waals surface area contributed by atoms with Gasteiger partial charge >= 0.3 is 0 Å². The summed E-state index contributed by atoms with van der Waals surface area (Å²) in [5.74, 6) is 1.31. The van der Waals surface area contributed by atoms with Crippen LogP contribution in [0.5, 0.6) is 0 Å². The molecule has 0 atom stereocenters. The van der Waals surface area contributed by atoms with Gasteiger partial charge in [0.2, 0.25) is 5.95 Å². The van der Waals surface area contributed by atoms with Crippen LogP contribution in [-0.2, 0) is 12.0 Å². The Morgan fingerprint density at radius 3 is 2.53 bits per heavy atom. The Kier molecular flexibility index (Phi) is 6.52. The van der Waals surface area contributed by atoms with E-state index < -0.39 is 0 Å². The molecule has 1 aliphatic heterocycles. The van der Waals surface area contributed by atoms with Gasteiger partial charge in [0.05, 0.1) is 29.7 Å². The molecule has 2 fully saturated rings. The van der Waals surface area contributed by atoms with Crippen LogP contribution in [0.1, 0.15) is 72.8 Å². The van der Waals surface area contributed by atoms with Crippen LogP contribution in [0.4, 0.5) is 5.95 Å². The number of benzene rings is 1. The topological polar surface area (TPSA) is 83.9 Å². The number of nitrogens with one attached hydrogen (secondary N) is 1. The zero-order chi connectivity index (χ0) is 23.4. The molecule has 0 unspecified atom stereocenters. The van der Waals surface area contributed by atoms with E-state index in [1.165, 1.54) is 5.56 Å². The van der Waals surface area contributed by atoms with Gasteiger partial charge in [0, 0.05) is 37.1 Å². The van der Waals surface area contributed by atoms with E-state index in [1.54, 1.807) is 24.8 Å². The molecule has 1 aliphatic carbocycles. The third-order valence-corrected chi connectivity index (χ3v) is 7.37. The molecule has 2 aromatic heterocycles. The van der Waals surface area contributed by atoms with Gasteiger partial charge in [-0.3, -0.25) is 14.8 Å². The molecule has 34 heavy (non-hydrogen) atoms. The first-order chi connectivity index (χ1) is 16.7. The van der Waals surface area contributed by atoms with Gasteiger partial charge in [0.25, 0.3) is 5.91 Å². The summed E-state index contributed by atoms with van der Waals surface area (Å²) in [6, 6.07) is 10.6. The Hall–Kier alpha value is -3.35. The SMILES string of the molecule is CC1CCN(c2ncc(C(=O)NCc3cnccn3)c(C3(c4ccccc4)CCCC3)n2)CC1. The van der Waals surface area contributed by atoms with Crippen LogP contribution in [0, 0.1) is 5.92 Å². The van der Waals surface area contributed by atoms with Crippen molar-refractivity contribution < 1.29 is 4.79 Å². The van der Waals surface area contributed by atoms with E-state index in [2.05, 4.69) is 56.4 Å². The van der Waals surface area contributed by atoms with Crippen molar-refractivity contribution in [3.63, 3.8) is 0 Å². The monoisotopic (exact) mass is 456 g/mol. The summed E-state index contributed by atoms with van der Waals surface area (Å²) < 4.78 is 0. The maximum absolute atomic E-state index is 13.4. The predicted molar refractivity (Wildman–Crippen MR) is 132 cm³/mol. The third kappa shape index (κ3) is 4.52. The van der Waals surface area contributed by atoms with E-state index in [-0.39, 0.29) is 11.3 Å². The lowest BCUT2D eigenvalue weighted by Crippen LogP contribution is -2.37. The fourth-order valence-corrected chi connectivity index (χ4v) is 5.35. The molecule has 7 nitrogen and oxygen atoms in total. The number of carbonyl (C=O) groups is 1. The molecule has 1 aromatic carbocycles. The maximum atomic E-state index is 13.4. The third-order valence-electron chi connectivity index (χ3n) is 7.37. The fourth-order valence-electron chi connectivity index (χ4n) is 5.35. The van der Waals surface area contributed by atoms with E-state index in [0.717, 1.165) is 74.9 Å². The van der Waals surface area contributed by atoms with Gasteiger partial charge in [-0.25, -0.2) is 9.97 Å². The number of amides is 1. The molecule has 1 amide bonds. The highest BCUT2D eigenvalue weighted by Crippen LogP contribution is 2.47. The lowest BCUT2D eigenvalue weighted by atomic mass is 9.74. The molecular weight excluding hydrogens is 424 g/mol. The first-order valence-electron chi connectivity index (χ1n) is 12.4. The number of hydrogen-bond donors (Lipinski definition) is 1. The van der Waals surface area contributed by atoms with Gasteiger partial charge in [0.15, 0.2) is 0 Å². The van der Waals surface area contributed by atoms with Crippen LogP contribution in [0.2, 0.25) is 0 Å². The first kappa shape index (κ1) is 22.4. The molecule has 7 heteroatoms. The van der Waals surface area contributed by atoms with Gasteiger partial charge in [-0.15, -0.1) is 0 Å². The molecule has 0 radical (unpaired) electrons. The van der Waals surface area contributed by atoms with Crippen LogP contribution in [-0.4, -0.2) is 38.9 Å². The Morgan fingerprint density at radius 2 is 1.82 bits per heavy atom. The minimum atomic E-state index is -0.277. The van der Waals surface area contributed by atoms with Gasteiger partial charge < -0.3 is 10.2 Å². The van der Waals surface area contributed by atoms with E-state index in [1.807, 2.05) is 6.07 Å². The summed E-state index contributed by atoms with van der Waals surface area (Å²) in [5.41, 5.74) is 3.09. The molecule has 1 N–H and O–H groups in total. The predicted octanol–water partition coefficient (Wildman–Crippen LogP) is 4.29. The maximum Gasteiger partial charge on any atom is 0.255 e. The van der Waals surface area contributed by atoms with Crippen LogP contribution in [0.25, 0.3) is 0 Å². The lowest BCUT2D eigenvalue weighted by molar-refractivity contribution is 0.0947. The van der Waals surface area contributed by atoms with E-state index in [4.69, 9.17) is 4.98 Å². The minimum Gasteiger partial charge on any atom is -0.346 e. The zero-order valence-corrected chi connectivity index (χ0v) is 19.8. The zero-order valence-electron chi connectivity index (χ0n) is 19.8. The second-order valence-corrected chi connectivity index (χ2v) is 9.64. The standard InChI is InChI=1S/C27H32N6O/c1-20-9-15-33(16-10-20)26-31-19-23(25(34)30-18-22-17-28-13-14-29-22)24(32-26)27(11-5-6-12-27)21-7-3-2-4-8-21/h2-4,7-8,13-14,17,19-20H,5-6,9-12,15-16,18H2,1H3,(H,30,34). The second kappa shape index (κ2) is 9.87. The van der Waals surface area contributed by atoms with E-state index >= 15 is 0 Å². The van der Waals surface area contributed by atoms with Crippen molar-refractivity contribution >= 4 is 11.9 Å². The fraction of sp³-hybridized carbons (Fsp3) is 0.444. The molecule has 3 heterocycles. The van der Waals surface area contributed by atoms with Gasteiger partial charge in [0.1, 0.15) is 0 Å². The van der Waals surface area contributed by atoms with E-state index in [9.17, 15) is 4.79 Å². The van der Waals surface area contributed by atoms with Gasteiger partial charge in [-0.05, 0) is 37.2 Å². The molecule has 0 bridgehead atoms. The number of aromatic nitrogens is 4. The Morgan fingerprint density at radius 1 is 1.06 bits per heavy atom. The van der Waals surface area contributed by atoms with Crippen molar-refractivity contribution in [3.8, 4) is 0 Å². The number of hydrogen-bond acceptors (Lipinski definition) is 6. The summed E-state index contributed by atoms with van der Waals surface area (Å²) in [6.07, 6.45) is 13.2. The van der Waals surface area contributed by atoms with Crippen LogP contribution in [0.3, 0.4) is 0 Å². The van der Waals surface area contributed by atoms with Crippen molar-refractivity contribution in [1.82, 2.24) is 25.3 Å². The van der Waals surface area contributed by atoms with Crippen molar-refractivity contribution in [2.24, 2.45) is 5.92 Å². The summed E-state index contributed by atoms with van der Waals surface area (Å²) in [7, 11) is 0. The van der Waals surface area contributed by atoms with Crippen molar-refractivity contribution in [2.75, 3.05) is 18.0 Å². The van der Waals surface area contributed by atoms with Crippen molar-refractivity contribution in [2.45, 2.75) is 57.4 Å². The molecular formula is C27H32N6O. The number of piperidine rings is 1. The lowest BCUT2D eigenvalue weighted by Gasteiger charge is -2.34. The molecule has 5 rings (SSSR count). The summed E-state index contributed by atoms with van der Waals surface area (Å²) in [4.78, 5) is 33.9.